The minimum Gasteiger partial charge on any atom is -0.396 e. The summed E-state index contributed by atoms with van der Waals surface area (Å²) in [6, 6.07) is 9.22. The lowest BCUT2D eigenvalue weighted by Crippen LogP contribution is -2.13. The fourth-order valence-electron chi connectivity index (χ4n) is 2.07. The summed E-state index contributed by atoms with van der Waals surface area (Å²) in [5.74, 6) is -0.147. The van der Waals surface area contributed by atoms with E-state index in [-0.39, 0.29) is 29.4 Å². The second-order valence-electron chi connectivity index (χ2n) is 5.06. The Morgan fingerprint density at radius 3 is 2.88 bits per heavy atom. The second kappa shape index (κ2) is 7.35. The first-order chi connectivity index (χ1) is 12.1. The molecule has 0 saturated carbocycles. The van der Waals surface area contributed by atoms with Crippen LogP contribution in [0.5, 0.6) is 0 Å². The molecule has 126 valence electrons. The smallest absolute Gasteiger partial charge is 0.251 e. The van der Waals surface area contributed by atoms with Gasteiger partial charge in [-0.05, 0) is 12.1 Å². The number of hydrogen-bond acceptors (Lipinski definition) is 6. The van der Waals surface area contributed by atoms with Gasteiger partial charge in [-0.25, -0.2) is 9.37 Å². The van der Waals surface area contributed by atoms with Crippen molar-refractivity contribution in [3.8, 4) is 0 Å². The van der Waals surface area contributed by atoms with Crippen LogP contribution in [0.3, 0.4) is 0 Å². The van der Waals surface area contributed by atoms with Crippen molar-refractivity contribution in [2.75, 3.05) is 0 Å². The molecule has 1 aromatic carbocycles. The number of H-pyrrole nitrogens is 1. The van der Waals surface area contributed by atoms with Crippen LogP contribution < -0.4 is 11.3 Å². The van der Waals surface area contributed by atoms with Gasteiger partial charge in [0, 0.05) is 23.9 Å². The molecular weight excluding hydrogens is 325 g/mol. The molecule has 0 amide bonds. The highest BCUT2D eigenvalue weighted by atomic mass is 19.1. The van der Waals surface area contributed by atoms with Crippen LogP contribution >= 0.6 is 0 Å². The Morgan fingerprint density at radius 2 is 2.16 bits per heavy atom. The molecule has 8 heteroatoms. The van der Waals surface area contributed by atoms with Crippen LogP contribution in [0.1, 0.15) is 17.1 Å². The quantitative estimate of drug-likeness (QED) is 0.690. The average Bonchev–Trinajstić information content (AvgIpc) is 3.14. The molecule has 0 bridgehead atoms. The molecule has 0 spiro atoms. The van der Waals surface area contributed by atoms with Crippen molar-refractivity contribution >= 4 is 11.4 Å². The first-order valence-corrected chi connectivity index (χ1v) is 7.35. The Morgan fingerprint density at radius 1 is 1.32 bits per heavy atom. The fraction of sp³-hybridized carbons (Fsp3) is 0.0588. The van der Waals surface area contributed by atoms with Crippen LogP contribution in [0.4, 0.5) is 4.39 Å². The summed E-state index contributed by atoms with van der Waals surface area (Å²) in [7, 11) is 0. The number of nitrogens with one attached hydrogen (secondary N) is 1. The zero-order chi connectivity index (χ0) is 17.6. The third-order valence-electron chi connectivity index (χ3n) is 3.31. The van der Waals surface area contributed by atoms with Crippen LogP contribution in [0, 0.1) is 5.82 Å². The van der Waals surface area contributed by atoms with E-state index in [1.54, 1.807) is 24.3 Å². The number of rotatable bonds is 5. The molecule has 3 aromatic rings. The summed E-state index contributed by atoms with van der Waals surface area (Å²) in [5, 5.41) is 3.82. The van der Waals surface area contributed by atoms with Gasteiger partial charge in [-0.15, -0.1) is 0 Å². The van der Waals surface area contributed by atoms with E-state index in [4.69, 9.17) is 10.3 Å². The number of aromatic nitrogens is 3. The predicted octanol–water partition coefficient (Wildman–Crippen LogP) is 1.89. The Hall–Kier alpha value is -3.55. The molecule has 0 saturated heterocycles. The number of hydrogen-bond donors (Lipinski definition) is 2. The van der Waals surface area contributed by atoms with Gasteiger partial charge in [0.25, 0.3) is 5.56 Å². The van der Waals surface area contributed by atoms with Crippen molar-refractivity contribution in [1.82, 2.24) is 15.1 Å². The highest BCUT2D eigenvalue weighted by molar-refractivity contribution is 6.10. The van der Waals surface area contributed by atoms with E-state index in [2.05, 4.69) is 20.1 Å². The molecule has 25 heavy (non-hydrogen) atoms. The van der Waals surface area contributed by atoms with Crippen molar-refractivity contribution in [1.29, 1.82) is 0 Å². The van der Waals surface area contributed by atoms with E-state index < -0.39 is 0 Å². The Balaban J connectivity index is 1.96. The molecule has 2 heterocycles. The first-order valence-electron chi connectivity index (χ1n) is 7.35. The van der Waals surface area contributed by atoms with Crippen LogP contribution in [-0.2, 0) is 6.54 Å². The highest BCUT2D eigenvalue weighted by Crippen LogP contribution is 2.11. The molecule has 2 aromatic heterocycles. The normalized spacial score (nSPS) is 12.4. The standard InChI is InChI=1S/C17H14FN5O2/c18-12-4-2-1-3-11(12)10-21-15(14-6-8-25-23-14)9-13(19)17-20-7-5-16(24)22-17/h1-9H,10,19H2,(H,20,22,24)/b13-9-,21-15?. The van der Waals surface area contributed by atoms with E-state index in [1.165, 1.54) is 30.7 Å². The number of nitrogens with zero attached hydrogens (tertiary/aromatic N) is 3. The number of allylic oxidation sites excluding steroid dienone is 1. The van der Waals surface area contributed by atoms with Gasteiger partial charge in [0.15, 0.2) is 5.82 Å². The van der Waals surface area contributed by atoms with E-state index in [0.717, 1.165) is 0 Å². The van der Waals surface area contributed by atoms with Crippen LogP contribution in [0.2, 0.25) is 0 Å². The molecule has 0 aliphatic rings. The molecule has 0 aliphatic heterocycles. The van der Waals surface area contributed by atoms with E-state index in [9.17, 15) is 9.18 Å². The van der Waals surface area contributed by atoms with Crippen molar-refractivity contribution in [2.24, 2.45) is 10.7 Å². The van der Waals surface area contributed by atoms with Gasteiger partial charge in [-0.1, -0.05) is 23.4 Å². The summed E-state index contributed by atoms with van der Waals surface area (Å²) in [4.78, 5) is 22.3. The van der Waals surface area contributed by atoms with E-state index >= 15 is 0 Å². The zero-order valence-electron chi connectivity index (χ0n) is 13.0. The van der Waals surface area contributed by atoms with Gasteiger partial charge in [0.05, 0.1) is 18.0 Å². The Labute approximate surface area is 141 Å². The van der Waals surface area contributed by atoms with Crippen molar-refractivity contribution in [3.63, 3.8) is 0 Å². The lowest BCUT2D eigenvalue weighted by molar-refractivity contribution is 0.418. The number of aromatic amines is 1. The van der Waals surface area contributed by atoms with E-state index in [1.807, 2.05) is 0 Å². The largest absolute Gasteiger partial charge is 0.396 e. The minimum atomic E-state index is -0.350. The monoisotopic (exact) mass is 339 g/mol. The molecule has 3 N–H and O–H groups in total. The van der Waals surface area contributed by atoms with Gasteiger partial charge in [-0.3, -0.25) is 9.79 Å². The lowest BCUT2D eigenvalue weighted by Gasteiger charge is -2.03. The van der Waals surface area contributed by atoms with Crippen LogP contribution in [0.25, 0.3) is 5.70 Å². The Kier molecular flexibility index (Phi) is 4.79. The number of halogens is 1. The number of aliphatic imine (C=N–C) groups is 1. The molecular formula is C17H14FN5O2. The molecule has 0 aliphatic carbocycles. The van der Waals surface area contributed by atoms with Crippen molar-refractivity contribution in [3.05, 3.63) is 88.2 Å². The number of benzene rings is 1. The third kappa shape index (κ3) is 4.05. The predicted molar refractivity (Wildman–Crippen MR) is 90.2 cm³/mol. The fourth-order valence-corrected chi connectivity index (χ4v) is 2.07. The lowest BCUT2D eigenvalue weighted by atomic mass is 10.2. The summed E-state index contributed by atoms with van der Waals surface area (Å²) in [6.07, 6.45) is 4.23. The van der Waals surface area contributed by atoms with Crippen LogP contribution in [0.15, 0.2) is 69.2 Å². The first kappa shape index (κ1) is 16.3. The molecule has 0 fully saturated rings. The van der Waals surface area contributed by atoms with Crippen molar-refractivity contribution < 1.29 is 8.91 Å². The van der Waals surface area contributed by atoms with Gasteiger partial charge in [-0.2, -0.15) is 0 Å². The van der Waals surface area contributed by atoms with Crippen molar-refractivity contribution in [2.45, 2.75) is 6.54 Å². The van der Waals surface area contributed by atoms with Gasteiger partial charge < -0.3 is 15.2 Å². The summed E-state index contributed by atoms with van der Waals surface area (Å²) in [5.41, 5.74) is 7.08. The molecule has 3 rings (SSSR count). The molecule has 0 atom stereocenters. The number of nitrogens with two attached hydrogens (primary N) is 1. The maximum absolute atomic E-state index is 13.8. The average molecular weight is 339 g/mol. The van der Waals surface area contributed by atoms with Crippen LogP contribution in [-0.4, -0.2) is 20.8 Å². The minimum absolute atomic E-state index is 0.0946. The maximum Gasteiger partial charge on any atom is 0.251 e. The van der Waals surface area contributed by atoms with E-state index in [0.29, 0.717) is 17.0 Å². The van der Waals surface area contributed by atoms with Gasteiger partial charge in [0.2, 0.25) is 0 Å². The maximum atomic E-state index is 13.8. The molecule has 0 radical (unpaired) electrons. The summed E-state index contributed by atoms with van der Waals surface area (Å²) >= 11 is 0. The zero-order valence-corrected chi connectivity index (χ0v) is 13.0. The highest BCUT2D eigenvalue weighted by Gasteiger charge is 2.09. The van der Waals surface area contributed by atoms with Gasteiger partial charge in [0.1, 0.15) is 17.8 Å². The summed E-state index contributed by atoms with van der Waals surface area (Å²) < 4.78 is 18.6. The molecule has 0 unspecified atom stereocenters. The van der Waals surface area contributed by atoms with Gasteiger partial charge >= 0.3 is 0 Å². The molecule has 7 nitrogen and oxygen atoms in total. The third-order valence-corrected chi connectivity index (χ3v) is 3.31. The Bertz CT molecular complexity index is 976. The SMILES string of the molecule is N/C(=C\C(=NCc1ccccc1F)c1ccon1)c1nccc(=O)[nH]1. The summed E-state index contributed by atoms with van der Waals surface area (Å²) in [6.45, 7) is 0.0946. The topological polar surface area (TPSA) is 110 Å². The second-order valence-corrected chi connectivity index (χ2v) is 5.06.